The Bertz CT molecular complexity index is 486. The van der Waals surface area contributed by atoms with Crippen molar-refractivity contribution in [3.05, 3.63) is 29.3 Å². The number of aryl methyl sites for hydroxylation is 2. The summed E-state index contributed by atoms with van der Waals surface area (Å²) in [5.41, 5.74) is 7.19. The average Bonchev–Trinajstić information content (AvgIpc) is 2.35. The van der Waals surface area contributed by atoms with E-state index < -0.39 is 5.54 Å². The van der Waals surface area contributed by atoms with Crippen LogP contribution in [0.1, 0.15) is 44.7 Å². The van der Waals surface area contributed by atoms with E-state index in [0.717, 1.165) is 17.7 Å². The summed E-state index contributed by atoms with van der Waals surface area (Å²) in [6, 6.07) is 6.34. The number of carbonyl (C=O) groups is 1. The van der Waals surface area contributed by atoms with E-state index in [4.69, 9.17) is 10.5 Å². The maximum absolute atomic E-state index is 11.6. The van der Waals surface area contributed by atoms with Crippen LogP contribution in [0.4, 0.5) is 0 Å². The van der Waals surface area contributed by atoms with Gasteiger partial charge in [-0.3, -0.25) is 4.79 Å². The summed E-state index contributed by atoms with van der Waals surface area (Å²) in [5, 5.41) is 3.24. The smallest absolute Gasteiger partial charge is 0.237 e. The van der Waals surface area contributed by atoms with Crippen LogP contribution >= 0.6 is 0 Å². The van der Waals surface area contributed by atoms with E-state index in [-0.39, 0.29) is 11.9 Å². The van der Waals surface area contributed by atoms with Crippen LogP contribution in [0.15, 0.2) is 18.2 Å². The Balaban J connectivity index is 2.49. The molecule has 0 aromatic heterocycles. The van der Waals surface area contributed by atoms with Gasteiger partial charge in [-0.15, -0.1) is 0 Å². The summed E-state index contributed by atoms with van der Waals surface area (Å²) in [6.45, 7) is 10.5. The molecule has 0 bridgehead atoms. The summed E-state index contributed by atoms with van der Waals surface area (Å²) < 4.78 is 5.79. The van der Waals surface area contributed by atoms with Gasteiger partial charge in [0, 0.05) is 6.04 Å². The van der Waals surface area contributed by atoms with Crippen molar-refractivity contribution < 1.29 is 9.53 Å². The van der Waals surface area contributed by atoms with Crippen LogP contribution in [-0.2, 0) is 4.79 Å². The highest BCUT2D eigenvalue weighted by molar-refractivity contribution is 5.84. The van der Waals surface area contributed by atoms with Gasteiger partial charge in [0.2, 0.25) is 5.91 Å². The zero-order valence-corrected chi connectivity index (χ0v) is 13.8. The molecule has 1 rings (SSSR count). The summed E-state index contributed by atoms with van der Waals surface area (Å²) in [4.78, 5) is 11.6. The number of nitrogens with one attached hydrogen (secondary N) is 1. The van der Waals surface area contributed by atoms with E-state index >= 15 is 0 Å². The lowest BCUT2D eigenvalue weighted by atomic mass is 9.94. The molecule has 3 N–H and O–H groups in total. The minimum absolute atomic E-state index is 0.211. The summed E-state index contributed by atoms with van der Waals surface area (Å²) in [6.07, 6.45) is 1.43. The number of amides is 1. The molecule has 1 amide bonds. The largest absolute Gasteiger partial charge is 0.493 e. The van der Waals surface area contributed by atoms with Crippen LogP contribution in [-0.4, -0.2) is 24.1 Å². The van der Waals surface area contributed by atoms with Crippen molar-refractivity contribution in [2.24, 2.45) is 5.73 Å². The van der Waals surface area contributed by atoms with Gasteiger partial charge in [0.15, 0.2) is 0 Å². The van der Waals surface area contributed by atoms with Gasteiger partial charge in [-0.05, 0) is 59.1 Å². The lowest BCUT2D eigenvalue weighted by Crippen LogP contribution is -2.55. The topological polar surface area (TPSA) is 64.3 Å². The van der Waals surface area contributed by atoms with Crippen molar-refractivity contribution in [2.75, 3.05) is 6.61 Å². The van der Waals surface area contributed by atoms with E-state index in [2.05, 4.69) is 18.3 Å². The fraction of sp³-hybridized carbons (Fsp3) is 0.588. The fourth-order valence-electron chi connectivity index (χ4n) is 2.47. The molecule has 21 heavy (non-hydrogen) atoms. The molecule has 0 fully saturated rings. The quantitative estimate of drug-likeness (QED) is 0.724. The Morgan fingerprint density at radius 3 is 2.57 bits per heavy atom. The molecule has 0 saturated heterocycles. The van der Waals surface area contributed by atoms with E-state index in [1.165, 1.54) is 5.56 Å². The van der Waals surface area contributed by atoms with Gasteiger partial charge in [-0.2, -0.15) is 0 Å². The van der Waals surface area contributed by atoms with Gasteiger partial charge in [0.25, 0.3) is 0 Å². The van der Waals surface area contributed by atoms with Crippen LogP contribution < -0.4 is 15.8 Å². The predicted octanol–water partition coefficient (Wildman–Crippen LogP) is 2.70. The van der Waals surface area contributed by atoms with Gasteiger partial charge < -0.3 is 15.8 Å². The Labute approximate surface area is 128 Å². The van der Waals surface area contributed by atoms with E-state index in [1.807, 2.05) is 39.8 Å². The van der Waals surface area contributed by atoms with Crippen molar-refractivity contribution in [2.45, 2.75) is 59.0 Å². The molecule has 0 aliphatic rings. The maximum atomic E-state index is 11.6. The molecule has 1 aromatic rings. The van der Waals surface area contributed by atoms with Crippen molar-refractivity contribution >= 4 is 5.91 Å². The lowest BCUT2D eigenvalue weighted by Gasteiger charge is -2.29. The summed E-state index contributed by atoms with van der Waals surface area (Å²) in [5.74, 6) is 0.584. The van der Waals surface area contributed by atoms with Crippen molar-refractivity contribution in [3.63, 3.8) is 0 Å². The SMILES string of the molecule is Cc1ccc(OCCCC(C)(NC(C)C)C(N)=O)c(C)c1. The number of primary amides is 1. The van der Waals surface area contributed by atoms with E-state index in [1.54, 1.807) is 0 Å². The zero-order valence-electron chi connectivity index (χ0n) is 13.8. The first kappa shape index (κ1) is 17.5. The van der Waals surface area contributed by atoms with Crippen LogP contribution in [0.25, 0.3) is 0 Å². The molecular formula is C17H28N2O2. The zero-order chi connectivity index (χ0) is 16.0. The molecular weight excluding hydrogens is 264 g/mol. The van der Waals surface area contributed by atoms with Crippen LogP contribution in [0.2, 0.25) is 0 Å². The van der Waals surface area contributed by atoms with Gasteiger partial charge in [-0.1, -0.05) is 17.7 Å². The molecule has 0 aliphatic carbocycles. The first-order valence-corrected chi connectivity index (χ1v) is 7.52. The molecule has 0 spiro atoms. The molecule has 0 radical (unpaired) electrons. The third kappa shape index (κ3) is 5.38. The van der Waals surface area contributed by atoms with Gasteiger partial charge >= 0.3 is 0 Å². The second-order valence-corrected chi connectivity index (χ2v) is 6.22. The standard InChI is InChI=1S/C17H28N2O2/c1-12(2)19-17(5,16(18)20)9-6-10-21-15-8-7-13(3)11-14(15)4/h7-8,11-12,19H,6,9-10H2,1-5H3,(H2,18,20). The van der Waals surface area contributed by atoms with Crippen molar-refractivity contribution in [3.8, 4) is 5.75 Å². The number of carbonyl (C=O) groups excluding carboxylic acids is 1. The van der Waals surface area contributed by atoms with Crippen molar-refractivity contribution in [1.82, 2.24) is 5.32 Å². The average molecular weight is 292 g/mol. The van der Waals surface area contributed by atoms with Crippen molar-refractivity contribution in [1.29, 1.82) is 0 Å². The number of hydrogen-bond acceptors (Lipinski definition) is 3. The molecule has 4 heteroatoms. The molecule has 1 unspecified atom stereocenters. The molecule has 1 atom stereocenters. The first-order valence-electron chi connectivity index (χ1n) is 7.52. The number of rotatable bonds is 8. The van der Waals surface area contributed by atoms with Crippen LogP contribution in [0.5, 0.6) is 5.75 Å². The number of ether oxygens (including phenoxy) is 1. The maximum Gasteiger partial charge on any atom is 0.237 e. The second-order valence-electron chi connectivity index (χ2n) is 6.22. The Morgan fingerprint density at radius 2 is 2.05 bits per heavy atom. The van der Waals surface area contributed by atoms with Gasteiger partial charge in [-0.25, -0.2) is 0 Å². The molecule has 0 heterocycles. The number of hydrogen-bond donors (Lipinski definition) is 2. The molecule has 0 saturated carbocycles. The van der Waals surface area contributed by atoms with E-state index in [0.29, 0.717) is 13.0 Å². The normalized spacial score (nSPS) is 14.0. The second kappa shape index (κ2) is 7.46. The minimum atomic E-state index is -0.681. The van der Waals surface area contributed by atoms with Crippen LogP contribution in [0, 0.1) is 13.8 Å². The number of nitrogens with two attached hydrogens (primary N) is 1. The third-order valence-electron chi connectivity index (χ3n) is 3.56. The highest BCUT2D eigenvalue weighted by Gasteiger charge is 2.30. The summed E-state index contributed by atoms with van der Waals surface area (Å²) in [7, 11) is 0. The molecule has 0 aliphatic heterocycles. The molecule has 118 valence electrons. The predicted molar refractivity (Wildman–Crippen MR) is 86.5 cm³/mol. The number of benzene rings is 1. The highest BCUT2D eigenvalue weighted by Crippen LogP contribution is 2.20. The van der Waals surface area contributed by atoms with Crippen LogP contribution in [0.3, 0.4) is 0 Å². The van der Waals surface area contributed by atoms with Gasteiger partial charge in [0.05, 0.1) is 12.1 Å². The first-order chi connectivity index (χ1) is 9.74. The Hall–Kier alpha value is -1.55. The Morgan fingerprint density at radius 1 is 1.38 bits per heavy atom. The van der Waals surface area contributed by atoms with Gasteiger partial charge in [0.1, 0.15) is 5.75 Å². The van der Waals surface area contributed by atoms with E-state index in [9.17, 15) is 4.79 Å². The highest BCUT2D eigenvalue weighted by atomic mass is 16.5. The fourth-order valence-corrected chi connectivity index (χ4v) is 2.47. The summed E-state index contributed by atoms with van der Waals surface area (Å²) >= 11 is 0. The third-order valence-corrected chi connectivity index (χ3v) is 3.56. The Kier molecular flexibility index (Phi) is 6.21. The molecule has 1 aromatic carbocycles. The monoisotopic (exact) mass is 292 g/mol. The molecule has 4 nitrogen and oxygen atoms in total. The lowest BCUT2D eigenvalue weighted by molar-refractivity contribution is -0.124. The minimum Gasteiger partial charge on any atom is -0.493 e.